The summed E-state index contributed by atoms with van der Waals surface area (Å²) < 4.78 is 8.47. The van der Waals surface area contributed by atoms with Crippen molar-refractivity contribution in [2.24, 2.45) is 14.1 Å². The number of amides is 1. The quantitative estimate of drug-likeness (QED) is 0.464. The van der Waals surface area contributed by atoms with E-state index in [0.29, 0.717) is 22.0 Å². The minimum Gasteiger partial charge on any atom is -0.496 e. The molecule has 0 aliphatic rings. The Morgan fingerprint density at radius 1 is 1.00 bits per heavy atom. The topological polar surface area (TPSA) is 65.3 Å². The zero-order chi connectivity index (χ0) is 22.1. The summed E-state index contributed by atoms with van der Waals surface area (Å²) in [7, 11) is 4.94. The third-order valence-electron chi connectivity index (χ3n) is 5.00. The highest BCUT2D eigenvalue weighted by molar-refractivity contribution is 7.99. The number of imidazole rings is 1. The Bertz CT molecular complexity index is 1350. The number of nitrogens with zero attached hydrogens (tertiary/aromatic N) is 2. The molecule has 0 saturated carbocycles. The summed E-state index contributed by atoms with van der Waals surface area (Å²) in [6, 6.07) is 18.5. The lowest BCUT2D eigenvalue weighted by Crippen LogP contribution is -2.19. The van der Waals surface area contributed by atoms with E-state index in [9.17, 15) is 9.59 Å². The molecule has 0 fully saturated rings. The van der Waals surface area contributed by atoms with Gasteiger partial charge in [0, 0.05) is 28.9 Å². The number of halogens is 1. The molecule has 1 amide bonds. The van der Waals surface area contributed by atoms with Crippen LogP contribution in [0.2, 0.25) is 5.02 Å². The Balaban J connectivity index is 1.82. The summed E-state index contributed by atoms with van der Waals surface area (Å²) in [6.07, 6.45) is 0. The molecular formula is C23H20ClN3O3S. The Morgan fingerprint density at radius 3 is 2.35 bits per heavy atom. The van der Waals surface area contributed by atoms with Crippen LogP contribution in [0.25, 0.3) is 11.0 Å². The van der Waals surface area contributed by atoms with E-state index in [1.54, 1.807) is 41.4 Å². The van der Waals surface area contributed by atoms with Gasteiger partial charge in [-0.05, 0) is 42.5 Å². The van der Waals surface area contributed by atoms with Crippen LogP contribution in [0.5, 0.6) is 5.75 Å². The Hall–Kier alpha value is -3.16. The number of methoxy groups -OCH3 is 1. The van der Waals surface area contributed by atoms with Gasteiger partial charge in [0.1, 0.15) is 5.75 Å². The van der Waals surface area contributed by atoms with Crippen LogP contribution in [0.3, 0.4) is 0 Å². The maximum absolute atomic E-state index is 13.1. The molecule has 0 spiro atoms. The van der Waals surface area contributed by atoms with Crippen LogP contribution in [-0.4, -0.2) is 22.2 Å². The van der Waals surface area contributed by atoms with Crippen molar-refractivity contribution in [3.05, 3.63) is 81.7 Å². The fourth-order valence-corrected chi connectivity index (χ4v) is 4.48. The molecule has 0 unspecified atom stereocenters. The van der Waals surface area contributed by atoms with Crippen molar-refractivity contribution in [3.63, 3.8) is 0 Å². The minimum absolute atomic E-state index is 0.134. The van der Waals surface area contributed by atoms with Crippen molar-refractivity contribution in [2.45, 2.75) is 9.79 Å². The first kappa shape index (κ1) is 21.1. The number of benzene rings is 3. The molecule has 0 saturated heterocycles. The van der Waals surface area contributed by atoms with Crippen LogP contribution in [0.15, 0.2) is 75.2 Å². The molecule has 31 heavy (non-hydrogen) atoms. The number of aromatic nitrogens is 2. The highest BCUT2D eigenvalue weighted by atomic mass is 35.5. The lowest BCUT2D eigenvalue weighted by molar-refractivity contribution is 0.102. The summed E-state index contributed by atoms with van der Waals surface area (Å²) in [5.74, 6) is 0.0712. The maximum Gasteiger partial charge on any atom is 0.328 e. The highest BCUT2D eigenvalue weighted by Crippen LogP contribution is 2.37. The molecule has 4 rings (SSSR count). The van der Waals surface area contributed by atoms with Gasteiger partial charge in [0.2, 0.25) is 0 Å². The Labute approximate surface area is 188 Å². The molecule has 0 aliphatic carbocycles. The van der Waals surface area contributed by atoms with E-state index in [-0.39, 0.29) is 11.6 Å². The van der Waals surface area contributed by atoms with Gasteiger partial charge in [0.25, 0.3) is 5.91 Å². The van der Waals surface area contributed by atoms with E-state index in [1.807, 2.05) is 42.5 Å². The third-order valence-corrected chi connectivity index (χ3v) is 6.30. The second-order valence-corrected chi connectivity index (χ2v) is 8.50. The molecule has 3 aromatic carbocycles. The van der Waals surface area contributed by atoms with E-state index in [4.69, 9.17) is 16.3 Å². The van der Waals surface area contributed by atoms with Gasteiger partial charge >= 0.3 is 5.69 Å². The maximum atomic E-state index is 13.1. The highest BCUT2D eigenvalue weighted by Gasteiger charge is 2.18. The standard InChI is InChI=1S/C23H20ClN3O3S/c1-26-18-12-17(25-22(28)16-11-14(24)9-10-20(16)30-3)21(13-19(18)27(2)23(26)29)31-15-7-5-4-6-8-15/h4-13H,1-3H3,(H,25,28). The fourth-order valence-electron chi connectivity index (χ4n) is 3.37. The number of aryl methyl sites for hydroxylation is 2. The number of ether oxygens (including phenoxy) is 1. The van der Waals surface area contributed by atoms with Crippen molar-refractivity contribution < 1.29 is 9.53 Å². The van der Waals surface area contributed by atoms with Crippen LogP contribution in [0.1, 0.15) is 10.4 Å². The summed E-state index contributed by atoms with van der Waals surface area (Å²) in [4.78, 5) is 27.4. The second kappa shape index (κ2) is 8.53. The monoisotopic (exact) mass is 453 g/mol. The van der Waals surface area contributed by atoms with Crippen molar-refractivity contribution in [2.75, 3.05) is 12.4 Å². The van der Waals surface area contributed by atoms with Crippen molar-refractivity contribution in [1.82, 2.24) is 9.13 Å². The van der Waals surface area contributed by atoms with Gasteiger partial charge in [-0.2, -0.15) is 0 Å². The van der Waals surface area contributed by atoms with Gasteiger partial charge in [0.05, 0.1) is 29.4 Å². The van der Waals surface area contributed by atoms with E-state index in [1.165, 1.54) is 18.9 Å². The number of carbonyl (C=O) groups excluding carboxylic acids is 1. The van der Waals surface area contributed by atoms with E-state index >= 15 is 0 Å². The predicted molar refractivity (Wildman–Crippen MR) is 125 cm³/mol. The number of nitrogens with one attached hydrogen (secondary N) is 1. The molecule has 0 aliphatic heterocycles. The molecule has 6 nitrogen and oxygen atoms in total. The smallest absolute Gasteiger partial charge is 0.328 e. The SMILES string of the molecule is COc1ccc(Cl)cc1C(=O)Nc1cc2c(cc1Sc1ccccc1)n(C)c(=O)n2C. The van der Waals surface area contributed by atoms with E-state index in [0.717, 1.165) is 20.8 Å². The summed E-state index contributed by atoms with van der Waals surface area (Å²) >= 11 is 7.60. The molecule has 0 bridgehead atoms. The first-order valence-corrected chi connectivity index (χ1v) is 10.7. The number of fused-ring (bicyclic) bond motifs is 1. The van der Waals surface area contributed by atoms with Crippen molar-refractivity contribution in [3.8, 4) is 5.75 Å². The second-order valence-electron chi connectivity index (χ2n) is 6.95. The van der Waals surface area contributed by atoms with Crippen LogP contribution in [0.4, 0.5) is 5.69 Å². The average molecular weight is 454 g/mol. The third kappa shape index (κ3) is 4.06. The molecule has 8 heteroatoms. The first-order chi connectivity index (χ1) is 14.9. The number of anilines is 1. The van der Waals surface area contributed by atoms with Crippen molar-refractivity contribution >= 4 is 46.0 Å². The summed E-state index contributed by atoms with van der Waals surface area (Å²) in [6.45, 7) is 0. The van der Waals surface area contributed by atoms with Gasteiger partial charge in [-0.1, -0.05) is 41.6 Å². The summed E-state index contributed by atoms with van der Waals surface area (Å²) in [5.41, 5.74) is 2.29. The molecule has 158 valence electrons. The summed E-state index contributed by atoms with van der Waals surface area (Å²) in [5, 5.41) is 3.41. The van der Waals surface area contributed by atoms with Gasteiger partial charge in [0.15, 0.2) is 0 Å². The van der Waals surface area contributed by atoms with Crippen LogP contribution in [-0.2, 0) is 14.1 Å². The fraction of sp³-hybridized carbons (Fsp3) is 0.130. The minimum atomic E-state index is -0.352. The zero-order valence-corrected chi connectivity index (χ0v) is 18.8. The van der Waals surface area contributed by atoms with E-state index in [2.05, 4.69) is 5.32 Å². The Morgan fingerprint density at radius 2 is 1.68 bits per heavy atom. The Kier molecular flexibility index (Phi) is 5.80. The molecule has 0 radical (unpaired) electrons. The van der Waals surface area contributed by atoms with Crippen molar-refractivity contribution in [1.29, 1.82) is 0 Å². The van der Waals surface area contributed by atoms with Crippen LogP contribution >= 0.6 is 23.4 Å². The van der Waals surface area contributed by atoms with Gasteiger partial charge in [-0.3, -0.25) is 13.9 Å². The molecule has 4 aromatic rings. The molecule has 1 N–H and O–H groups in total. The van der Waals surface area contributed by atoms with Gasteiger partial charge in [-0.25, -0.2) is 4.79 Å². The number of hydrogen-bond donors (Lipinski definition) is 1. The molecule has 1 heterocycles. The zero-order valence-electron chi connectivity index (χ0n) is 17.2. The molecule has 1 aromatic heterocycles. The van der Waals surface area contributed by atoms with Crippen LogP contribution < -0.4 is 15.7 Å². The normalized spacial score (nSPS) is 11.0. The van der Waals surface area contributed by atoms with Gasteiger partial charge in [-0.15, -0.1) is 0 Å². The lowest BCUT2D eigenvalue weighted by Gasteiger charge is -2.14. The molecular weight excluding hydrogens is 434 g/mol. The number of carbonyl (C=O) groups is 1. The first-order valence-electron chi connectivity index (χ1n) is 9.46. The van der Waals surface area contributed by atoms with Crippen LogP contribution in [0, 0.1) is 0 Å². The molecule has 0 atom stereocenters. The van der Waals surface area contributed by atoms with E-state index < -0.39 is 0 Å². The largest absolute Gasteiger partial charge is 0.496 e. The van der Waals surface area contributed by atoms with Gasteiger partial charge < -0.3 is 10.1 Å². The lowest BCUT2D eigenvalue weighted by atomic mass is 10.1. The number of hydrogen-bond acceptors (Lipinski definition) is 4. The average Bonchev–Trinajstić information content (AvgIpc) is 2.98. The predicted octanol–water partition coefficient (Wildman–Crippen LogP) is 4.94. The number of rotatable bonds is 5.